The van der Waals surface area contributed by atoms with Gasteiger partial charge in [0.1, 0.15) is 17.3 Å². The minimum Gasteiger partial charge on any atom is -0.401 e. The predicted molar refractivity (Wildman–Crippen MR) is 164 cm³/mol. The Morgan fingerprint density at radius 1 is 0.800 bits per heavy atom. The summed E-state index contributed by atoms with van der Waals surface area (Å²) in [5, 5.41) is 5.30. The highest BCUT2D eigenvalue weighted by Crippen LogP contribution is 2.47. The summed E-state index contributed by atoms with van der Waals surface area (Å²) in [5.74, 6) is 0.974. The van der Waals surface area contributed by atoms with Crippen molar-refractivity contribution in [3.63, 3.8) is 0 Å². The highest BCUT2D eigenvalue weighted by atomic mass is 28.4. The molecule has 1 aromatic heterocycles. The van der Waals surface area contributed by atoms with Gasteiger partial charge < -0.3 is 4.43 Å². The fourth-order valence-electron chi connectivity index (χ4n) is 6.57. The molecule has 40 heavy (non-hydrogen) atoms. The summed E-state index contributed by atoms with van der Waals surface area (Å²) in [6.45, 7) is 13.4. The molecule has 202 valence electrons. The molecule has 5 heteroatoms. The number of rotatable bonds is 6. The molecule has 1 atom stereocenters. The van der Waals surface area contributed by atoms with E-state index in [0.717, 1.165) is 17.9 Å². The smallest absolute Gasteiger partial charge is 0.309 e. The fraction of sp³-hybridized carbons (Fsp3) is 0.257. The van der Waals surface area contributed by atoms with Crippen LogP contribution in [0.2, 0.25) is 19.6 Å². The molecule has 0 radical (unpaired) electrons. The third kappa shape index (κ3) is 4.53. The van der Waals surface area contributed by atoms with E-state index < -0.39 is 13.9 Å². The van der Waals surface area contributed by atoms with Crippen molar-refractivity contribution in [1.82, 2.24) is 9.78 Å². The summed E-state index contributed by atoms with van der Waals surface area (Å²) in [7, 11) is -2.08. The van der Waals surface area contributed by atoms with Crippen LogP contribution in [-0.2, 0) is 16.4 Å². The molecule has 0 saturated heterocycles. The van der Waals surface area contributed by atoms with Gasteiger partial charge in [-0.2, -0.15) is 0 Å². The Hall–Kier alpha value is -3.80. The minimum absolute atomic E-state index is 0.0475. The lowest BCUT2D eigenvalue weighted by atomic mass is 9.76. The van der Waals surface area contributed by atoms with Crippen LogP contribution in [0.1, 0.15) is 39.4 Å². The number of fused-ring (bicyclic) bond motifs is 3. The average Bonchev–Trinajstić information content (AvgIpc) is 3.36. The van der Waals surface area contributed by atoms with Crippen LogP contribution in [0.25, 0.3) is 17.1 Å². The van der Waals surface area contributed by atoms with Crippen LogP contribution in [0.5, 0.6) is 0 Å². The second-order valence-electron chi connectivity index (χ2n) is 12.1. The molecule has 0 fully saturated rings. The van der Waals surface area contributed by atoms with Crippen molar-refractivity contribution in [1.29, 1.82) is 0 Å². The Morgan fingerprint density at radius 2 is 1.35 bits per heavy atom. The maximum Gasteiger partial charge on any atom is 0.309 e. The third-order valence-corrected chi connectivity index (χ3v) is 8.83. The molecule has 0 amide bonds. The Labute approximate surface area is 239 Å². The molecule has 0 aliphatic carbocycles. The quantitative estimate of drug-likeness (QED) is 0.162. The first-order chi connectivity index (χ1) is 19.2. The lowest BCUT2D eigenvalue weighted by Gasteiger charge is -2.45. The molecule has 5 aromatic rings. The summed E-state index contributed by atoms with van der Waals surface area (Å²) in [6.07, 6.45) is 3.04. The molecule has 4 aromatic carbocycles. The van der Waals surface area contributed by atoms with Crippen molar-refractivity contribution in [3.05, 3.63) is 137 Å². The lowest BCUT2D eigenvalue weighted by Crippen LogP contribution is -2.58. The van der Waals surface area contributed by atoms with Crippen LogP contribution < -0.4 is 4.57 Å². The Kier molecular flexibility index (Phi) is 6.60. The summed E-state index contributed by atoms with van der Waals surface area (Å²) >= 11 is 0. The van der Waals surface area contributed by atoms with Crippen molar-refractivity contribution in [2.75, 3.05) is 0 Å². The van der Waals surface area contributed by atoms with Gasteiger partial charge in [-0.25, -0.2) is 4.57 Å². The van der Waals surface area contributed by atoms with E-state index >= 15 is 0 Å². The van der Waals surface area contributed by atoms with Gasteiger partial charge in [0.25, 0.3) is 0 Å². The van der Waals surface area contributed by atoms with Crippen LogP contribution in [-0.4, -0.2) is 18.1 Å². The van der Waals surface area contributed by atoms with E-state index in [1.807, 2.05) is 0 Å². The van der Waals surface area contributed by atoms with E-state index in [9.17, 15) is 0 Å². The van der Waals surface area contributed by atoms with Crippen molar-refractivity contribution < 1.29 is 8.99 Å². The molecular weight excluding hydrogens is 506 g/mol. The van der Waals surface area contributed by atoms with Crippen molar-refractivity contribution >= 4 is 8.32 Å². The van der Waals surface area contributed by atoms with Gasteiger partial charge in [0.2, 0.25) is 6.33 Å². The van der Waals surface area contributed by atoms with Gasteiger partial charge in [-0.15, -0.1) is 0 Å². The number of nitrogens with zero attached hydrogens (tertiary/aromatic N) is 3. The van der Waals surface area contributed by atoms with Crippen molar-refractivity contribution in [2.45, 2.75) is 58.5 Å². The monoisotopic (exact) mass is 544 g/mol. The minimum atomic E-state index is -2.08. The summed E-state index contributed by atoms with van der Waals surface area (Å²) in [4.78, 5) is 0. The molecule has 1 aliphatic rings. The van der Waals surface area contributed by atoms with Crippen LogP contribution in [0.4, 0.5) is 0 Å². The first-order valence-corrected chi connectivity index (χ1v) is 17.6. The van der Waals surface area contributed by atoms with Crippen molar-refractivity contribution in [2.24, 2.45) is 0 Å². The van der Waals surface area contributed by atoms with E-state index in [2.05, 4.69) is 153 Å². The standard InChI is InChI=1S/C35H38N3OSi/c1-25-21-26(2)33(27(3)22-25)38-24-37-32(23-28-15-13-14-20-31(28)34(37)36-38)35(39-40(4,5)6,29-16-9-7-10-17-29)30-18-11-8-12-19-30/h7-22,24,32H,23H2,1-6H3/q+1/t32-/m0/s1. The number of aromatic nitrogens is 3. The highest BCUT2D eigenvalue weighted by molar-refractivity contribution is 6.69. The molecule has 1 aliphatic heterocycles. The van der Waals surface area contributed by atoms with Gasteiger partial charge in [-0.1, -0.05) is 101 Å². The zero-order chi connectivity index (χ0) is 28.1. The summed E-state index contributed by atoms with van der Waals surface area (Å²) in [6, 6.07) is 34.8. The largest absolute Gasteiger partial charge is 0.401 e. The van der Waals surface area contributed by atoms with Gasteiger partial charge in [0.15, 0.2) is 8.32 Å². The SMILES string of the molecule is Cc1cc(C)c(-n2c[n+]3c(n2)-c2ccccc2C[C@H]3C(O[Si](C)(C)C)(c2ccccc2)c2ccccc2)c(C)c1. The van der Waals surface area contributed by atoms with E-state index in [1.54, 1.807) is 0 Å². The van der Waals surface area contributed by atoms with Gasteiger partial charge in [0, 0.05) is 6.42 Å². The van der Waals surface area contributed by atoms with E-state index in [-0.39, 0.29) is 6.04 Å². The molecule has 2 heterocycles. The number of hydrogen-bond acceptors (Lipinski definition) is 2. The number of benzene rings is 4. The normalized spacial score (nSPS) is 15.0. The Bertz CT molecular complexity index is 1610. The topological polar surface area (TPSA) is 30.9 Å². The zero-order valence-corrected chi connectivity index (χ0v) is 25.3. The molecule has 0 unspecified atom stereocenters. The zero-order valence-electron chi connectivity index (χ0n) is 24.3. The summed E-state index contributed by atoms with van der Waals surface area (Å²) in [5.41, 5.74) is 8.96. The third-order valence-electron chi connectivity index (χ3n) is 7.89. The van der Waals surface area contributed by atoms with Crippen LogP contribution in [0.15, 0.2) is 103 Å². The molecule has 0 saturated carbocycles. The van der Waals surface area contributed by atoms with E-state index in [0.29, 0.717) is 0 Å². The second kappa shape index (κ2) is 9.99. The number of hydrogen-bond donors (Lipinski definition) is 0. The van der Waals surface area contributed by atoms with Crippen LogP contribution >= 0.6 is 0 Å². The van der Waals surface area contributed by atoms with Gasteiger partial charge in [0.05, 0.1) is 10.7 Å². The summed E-state index contributed by atoms with van der Waals surface area (Å²) < 4.78 is 11.9. The van der Waals surface area contributed by atoms with Crippen LogP contribution in [0, 0.1) is 20.8 Å². The van der Waals surface area contributed by atoms with Crippen LogP contribution in [0.3, 0.4) is 0 Å². The molecular formula is C35H38N3OSi+. The maximum atomic E-state index is 7.47. The Morgan fingerprint density at radius 3 is 1.93 bits per heavy atom. The van der Waals surface area contributed by atoms with Gasteiger partial charge in [-0.3, -0.25) is 0 Å². The average molecular weight is 545 g/mol. The number of aryl methyl sites for hydroxylation is 3. The Balaban J connectivity index is 1.67. The fourth-order valence-corrected chi connectivity index (χ4v) is 7.91. The lowest BCUT2D eigenvalue weighted by molar-refractivity contribution is -0.729. The highest BCUT2D eigenvalue weighted by Gasteiger charge is 2.52. The van der Waals surface area contributed by atoms with Crippen molar-refractivity contribution in [3.8, 4) is 17.1 Å². The van der Waals surface area contributed by atoms with Gasteiger partial charge in [-0.05, 0) is 74.3 Å². The predicted octanol–water partition coefficient (Wildman–Crippen LogP) is 7.64. The molecule has 0 bridgehead atoms. The molecule has 6 rings (SSSR count). The first-order valence-electron chi connectivity index (χ1n) is 14.2. The molecule has 0 N–H and O–H groups in total. The van der Waals surface area contributed by atoms with E-state index in [4.69, 9.17) is 9.52 Å². The van der Waals surface area contributed by atoms with E-state index in [1.165, 1.54) is 38.9 Å². The second-order valence-corrected chi connectivity index (χ2v) is 16.5. The van der Waals surface area contributed by atoms with Gasteiger partial charge >= 0.3 is 5.82 Å². The molecule has 4 nitrogen and oxygen atoms in total. The first kappa shape index (κ1) is 26.4. The maximum absolute atomic E-state index is 7.47. The molecule has 0 spiro atoms.